The van der Waals surface area contributed by atoms with Crippen LogP contribution in [0.15, 0.2) is 18.2 Å². The molecule has 1 aromatic carbocycles. The summed E-state index contributed by atoms with van der Waals surface area (Å²) in [6.45, 7) is 6.40. The lowest BCUT2D eigenvalue weighted by molar-refractivity contribution is -0.128. The molecule has 1 saturated heterocycles. The van der Waals surface area contributed by atoms with Gasteiger partial charge in [0.15, 0.2) is 0 Å². The third-order valence-corrected chi connectivity index (χ3v) is 4.91. The Kier molecular flexibility index (Phi) is 5.11. The molecule has 0 bridgehead atoms. The number of nitrogens with zero attached hydrogens (tertiary/aromatic N) is 2. The van der Waals surface area contributed by atoms with Crippen LogP contribution < -0.4 is 15.5 Å². The van der Waals surface area contributed by atoms with Crippen molar-refractivity contribution in [1.29, 1.82) is 0 Å². The number of halogens is 1. The molecule has 2 N–H and O–H groups in total. The lowest BCUT2D eigenvalue weighted by Gasteiger charge is -2.26. The summed E-state index contributed by atoms with van der Waals surface area (Å²) in [7, 11) is 0. The molecule has 3 amide bonds. The third kappa shape index (κ3) is 4.41. The van der Waals surface area contributed by atoms with Crippen LogP contribution in [0.3, 0.4) is 0 Å². The van der Waals surface area contributed by atoms with E-state index in [1.807, 2.05) is 4.90 Å². The number of hydrogen-bond acceptors (Lipinski definition) is 3. The lowest BCUT2D eigenvalue weighted by Crippen LogP contribution is -2.35. The average Bonchev–Trinajstić information content (AvgIpc) is 3.28. The summed E-state index contributed by atoms with van der Waals surface area (Å²) in [4.78, 5) is 27.6. The Morgan fingerprint density at radius 1 is 1.20 bits per heavy atom. The minimum absolute atomic E-state index is 0.0669. The summed E-state index contributed by atoms with van der Waals surface area (Å²) in [5.41, 5.74) is 1.24. The molecule has 2 fully saturated rings. The fraction of sp³-hybridized carbons (Fsp3) is 0.556. The van der Waals surface area contributed by atoms with Crippen molar-refractivity contribution in [3.8, 4) is 0 Å². The van der Waals surface area contributed by atoms with E-state index in [9.17, 15) is 14.0 Å². The first kappa shape index (κ1) is 17.5. The molecule has 2 aliphatic rings. The Balaban J connectivity index is 1.72. The predicted molar refractivity (Wildman–Crippen MR) is 95.2 cm³/mol. The standard InChI is InChI=1S/C18H25FN4O2/c1-12-10-15(12)20-18(25)21-16-11-14(19)4-5-17(16)23-7-3-6-22(8-9-23)13(2)24/h4-5,11-12,15H,3,6-10H2,1-2H3,(H2,20,21,25)/t12-,15+/m1/s1. The number of benzene rings is 1. The zero-order valence-electron chi connectivity index (χ0n) is 14.7. The molecule has 0 aromatic heterocycles. The van der Waals surface area contributed by atoms with E-state index >= 15 is 0 Å². The molecular formula is C18H25FN4O2. The number of nitrogens with one attached hydrogen (secondary N) is 2. The largest absolute Gasteiger partial charge is 0.368 e. The molecule has 6 nitrogen and oxygen atoms in total. The van der Waals surface area contributed by atoms with Gasteiger partial charge in [-0.25, -0.2) is 9.18 Å². The van der Waals surface area contributed by atoms with Gasteiger partial charge in [0.25, 0.3) is 0 Å². The second-order valence-corrected chi connectivity index (χ2v) is 6.93. The van der Waals surface area contributed by atoms with Crippen LogP contribution in [0, 0.1) is 11.7 Å². The summed E-state index contributed by atoms with van der Waals surface area (Å²) in [6.07, 6.45) is 1.82. The Hall–Kier alpha value is -2.31. The molecule has 25 heavy (non-hydrogen) atoms. The molecule has 2 atom stereocenters. The third-order valence-electron chi connectivity index (χ3n) is 4.91. The van der Waals surface area contributed by atoms with Crippen molar-refractivity contribution in [1.82, 2.24) is 10.2 Å². The van der Waals surface area contributed by atoms with E-state index < -0.39 is 0 Å². The van der Waals surface area contributed by atoms with E-state index in [0.29, 0.717) is 24.7 Å². The van der Waals surface area contributed by atoms with E-state index in [1.54, 1.807) is 13.0 Å². The molecule has 1 aliphatic carbocycles. The fourth-order valence-corrected chi connectivity index (χ4v) is 3.21. The SMILES string of the molecule is CC(=O)N1CCCN(c2ccc(F)cc2NC(=O)N[C@H]2C[C@H]2C)CC1. The maximum absolute atomic E-state index is 13.7. The first-order valence-corrected chi connectivity index (χ1v) is 8.81. The molecule has 1 heterocycles. The van der Waals surface area contributed by atoms with E-state index in [2.05, 4.69) is 22.5 Å². The van der Waals surface area contributed by atoms with Crippen LogP contribution in [0.25, 0.3) is 0 Å². The first-order chi connectivity index (χ1) is 11.9. The predicted octanol–water partition coefficient (Wildman–Crippen LogP) is 2.41. The molecule has 1 saturated carbocycles. The Morgan fingerprint density at radius 3 is 2.64 bits per heavy atom. The number of anilines is 2. The lowest BCUT2D eigenvalue weighted by atomic mass is 10.2. The topological polar surface area (TPSA) is 64.7 Å². The van der Waals surface area contributed by atoms with Crippen molar-refractivity contribution < 1.29 is 14.0 Å². The van der Waals surface area contributed by atoms with Gasteiger partial charge in [-0.1, -0.05) is 6.92 Å². The minimum Gasteiger partial charge on any atom is -0.368 e. The summed E-state index contributed by atoms with van der Waals surface area (Å²) in [6, 6.07) is 4.34. The highest BCUT2D eigenvalue weighted by molar-refractivity contribution is 5.93. The number of amides is 3. The van der Waals surface area contributed by atoms with E-state index in [-0.39, 0.29) is 23.8 Å². The summed E-state index contributed by atoms with van der Waals surface area (Å²) >= 11 is 0. The average molecular weight is 348 g/mol. The fourth-order valence-electron chi connectivity index (χ4n) is 3.21. The van der Waals surface area contributed by atoms with Gasteiger partial charge in [0.05, 0.1) is 11.4 Å². The summed E-state index contributed by atoms with van der Waals surface area (Å²) < 4.78 is 13.7. The molecule has 0 spiro atoms. The highest BCUT2D eigenvalue weighted by atomic mass is 19.1. The Morgan fingerprint density at radius 2 is 1.96 bits per heavy atom. The van der Waals surface area contributed by atoms with Gasteiger partial charge in [0.1, 0.15) is 5.82 Å². The normalized spacial score (nSPS) is 23.0. The smallest absolute Gasteiger partial charge is 0.319 e. The number of rotatable bonds is 3. The number of carbonyl (C=O) groups is 2. The number of carbonyl (C=O) groups excluding carboxylic acids is 2. The van der Waals surface area contributed by atoms with Gasteiger partial charge < -0.3 is 20.4 Å². The van der Waals surface area contributed by atoms with Crippen molar-refractivity contribution in [2.24, 2.45) is 5.92 Å². The van der Waals surface area contributed by atoms with Crippen LogP contribution in [-0.2, 0) is 4.79 Å². The van der Waals surface area contributed by atoms with Crippen LogP contribution in [0.2, 0.25) is 0 Å². The zero-order chi connectivity index (χ0) is 18.0. The van der Waals surface area contributed by atoms with Crippen LogP contribution in [0.1, 0.15) is 26.7 Å². The van der Waals surface area contributed by atoms with Gasteiger partial charge in [-0.15, -0.1) is 0 Å². The number of hydrogen-bond donors (Lipinski definition) is 2. The van der Waals surface area contributed by atoms with Crippen molar-refractivity contribution in [2.75, 3.05) is 36.4 Å². The molecule has 0 radical (unpaired) electrons. The van der Waals surface area contributed by atoms with Crippen molar-refractivity contribution in [3.63, 3.8) is 0 Å². The molecule has 3 rings (SSSR count). The summed E-state index contributed by atoms with van der Waals surface area (Å²) in [5, 5.41) is 5.67. The second kappa shape index (κ2) is 7.29. The van der Waals surface area contributed by atoms with Gasteiger partial charge >= 0.3 is 6.03 Å². The monoisotopic (exact) mass is 348 g/mol. The molecule has 0 unspecified atom stereocenters. The van der Waals surface area contributed by atoms with E-state index in [1.165, 1.54) is 12.1 Å². The van der Waals surface area contributed by atoms with E-state index in [0.717, 1.165) is 31.6 Å². The Labute approximate surface area is 147 Å². The molecule has 1 aromatic rings. The summed E-state index contributed by atoms with van der Waals surface area (Å²) in [5.74, 6) is 0.178. The van der Waals surface area contributed by atoms with Gasteiger partial charge in [-0.05, 0) is 37.0 Å². The van der Waals surface area contributed by atoms with Crippen LogP contribution in [0.5, 0.6) is 0 Å². The van der Waals surface area contributed by atoms with Gasteiger partial charge in [0, 0.05) is 39.1 Å². The van der Waals surface area contributed by atoms with Crippen molar-refractivity contribution in [2.45, 2.75) is 32.7 Å². The minimum atomic E-state index is -0.390. The molecule has 136 valence electrons. The van der Waals surface area contributed by atoms with Crippen LogP contribution in [-0.4, -0.2) is 49.1 Å². The molecule has 7 heteroatoms. The second-order valence-electron chi connectivity index (χ2n) is 6.93. The first-order valence-electron chi connectivity index (χ1n) is 8.81. The molecule has 1 aliphatic heterocycles. The maximum atomic E-state index is 13.7. The number of urea groups is 1. The van der Waals surface area contributed by atoms with Crippen molar-refractivity contribution in [3.05, 3.63) is 24.0 Å². The molecular weight excluding hydrogens is 323 g/mol. The van der Waals surface area contributed by atoms with E-state index in [4.69, 9.17) is 0 Å². The van der Waals surface area contributed by atoms with Crippen LogP contribution in [0.4, 0.5) is 20.6 Å². The van der Waals surface area contributed by atoms with Gasteiger partial charge in [-0.3, -0.25) is 4.79 Å². The van der Waals surface area contributed by atoms with Crippen LogP contribution >= 0.6 is 0 Å². The quantitative estimate of drug-likeness (QED) is 0.882. The maximum Gasteiger partial charge on any atom is 0.319 e. The van der Waals surface area contributed by atoms with Gasteiger partial charge in [0.2, 0.25) is 5.91 Å². The highest BCUT2D eigenvalue weighted by Crippen LogP contribution is 2.30. The van der Waals surface area contributed by atoms with Gasteiger partial charge in [-0.2, -0.15) is 0 Å². The Bertz CT molecular complexity index is 666. The highest BCUT2D eigenvalue weighted by Gasteiger charge is 2.34. The van der Waals surface area contributed by atoms with Crippen molar-refractivity contribution >= 4 is 23.3 Å². The zero-order valence-corrected chi connectivity index (χ0v) is 14.7.